The van der Waals surface area contributed by atoms with E-state index in [1.807, 2.05) is 0 Å². The highest BCUT2D eigenvalue weighted by Gasteiger charge is 2.12. The van der Waals surface area contributed by atoms with Crippen LogP contribution in [-0.2, 0) is 6.61 Å². The fourth-order valence-corrected chi connectivity index (χ4v) is 2.03. The average Bonchev–Trinajstić information content (AvgIpc) is 2.47. The molecule has 2 rings (SSSR count). The largest absolute Gasteiger partial charge is 0.497 e. The van der Waals surface area contributed by atoms with Crippen molar-refractivity contribution < 1.29 is 18.8 Å². The van der Waals surface area contributed by atoms with E-state index in [1.54, 1.807) is 25.3 Å². The van der Waals surface area contributed by atoms with E-state index in [0.29, 0.717) is 5.75 Å². The molecule has 21 heavy (non-hydrogen) atoms. The summed E-state index contributed by atoms with van der Waals surface area (Å²) < 4.78 is 24.9. The van der Waals surface area contributed by atoms with Crippen molar-refractivity contribution >= 4 is 21.6 Å². The van der Waals surface area contributed by atoms with E-state index in [1.165, 1.54) is 12.1 Å². The molecule has 0 saturated heterocycles. The van der Waals surface area contributed by atoms with Crippen LogP contribution in [0.2, 0.25) is 0 Å². The topological polar surface area (TPSA) is 61.6 Å². The van der Waals surface area contributed by atoms with Gasteiger partial charge in [0.1, 0.15) is 12.4 Å². The summed E-state index contributed by atoms with van der Waals surface area (Å²) in [5.41, 5.74) is 0.453. The Morgan fingerprint density at radius 1 is 1.29 bits per heavy atom. The summed E-state index contributed by atoms with van der Waals surface area (Å²) in [5.74, 6) is -0.167. The van der Waals surface area contributed by atoms with Crippen LogP contribution < -0.4 is 9.47 Å². The fourth-order valence-electron chi connectivity index (χ4n) is 1.66. The highest BCUT2D eigenvalue weighted by molar-refractivity contribution is 9.10. The van der Waals surface area contributed by atoms with Crippen LogP contribution in [0, 0.1) is 15.9 Å². The molecule has 5 nitrogen and oxygen atoms in total. The highest BCUT2D eigenvalue weighted by atomic mass is 79.9. The molecular weight excluding hydrogens is 345 g/mol. The molecule has 0 aromatic heterocycles. The van der Waals surface area contributed by atoms with E-state index in [0.717, 1.165) is 16.1 Å². The van der Waals surface area contributed by atoms with Gasteiger partial charge in [0.05, 0.1) is 18.1 Å². The highest BCUT2D eigenvalue weighted by Crippen LogP contribution is 2.26. The minimum atomic E-state index is -0.775. The lowest BCUT2D eigenvalue weighted by Crippen LogP contribution is -1.99. The van der Waals surface area contributed by atoms with Gasteiger partial charge < -0.3 is 9.47 Å². The van der Waals surface area contributed by atoms with Crippen molar-refractivity contribution in [3.63, 3.8) is 0 Å². The van der Waals surface area contributed by atoms with Crippen LogP contribution in [0.25, 0.3) is 0 Å². The van der Waals surface area contributed by atoms with Crippen molar-refractivity contribution in [2.45, 2.75) is 6.61 Å². The molecular formula is C14H11BrFNO4. The maximum atomic E-state index is 13.7. The first-order chi connectivity index (χ1) is 10.0. The predicted octanol–water partition coefficient (Wildman–Crippen LogP) is 4.08. The summed E-state index contributed by atoms with van der Waals surface area (Å²) in [7, 11) is 1.55. The van der Waals surface area contributed by atoms with Crippen LogP contribution >= 0.6 is 15.9 Å². The molecule has 0 heterocycles. The van der Waals surface area contributed by atoms with Gasteiger partial charge in [-0.05, 0) is 24.3 Å². The molecule has 2 aromatic rings. The van der Waals surface area contributed by atoms with Gasteiger partial charge >= 0.3 is 0 Å². The number of ether oxygens (including phenoxy) is 2. The van der Waals surface area contributed by atoms with Crippen LogP contribution in [0.4, 0.5) is 10.1 Å². The minimum Gasteiger partial charge on any atom is -0.497 e. The summed E-state index contributed by atoms with van der Waals surface area (Å²) >= 11 is 3.36. The summed E-state index contributed by atoms with van der Waals surface area (Å²) in [6, 6.07) is 8.59. The van der Waals surface area contributed by atoms with E-state index < -0.39 is 10.7 Å². The molecule has 0 unspecified atom stereocenters. The third-order valence-corrected chi connectivity index (χ3v) is 3.54. The number of benzene rings is 2. The first kappa shape index (κ1) is 15.2. The number of halogens is 2. The molecule has 0 spiro atoms. The number of hydrogen-bond acceptors (Lipinski definition) is 4. The normalized spacial score (nSPS) is 10.2. The SMILES string of the molecule is COc1ccc(Br)c(COc2ccc([N+](=O)[O-])cc2F)c1. The van der Waals surface area contributed by atoms with Gasteiger partial charge in [-0.2, -0.15) is 0 Å². The van der Waals surface area contributed by atoms with E-state index >= 15 is 0 Å². The zero-order chi connectivity index (χ0) is 15.4. The van der Waals surface area contributed by atoms with E-state index in [9.17, 15) is 14.5 Å². The summed E-state index contributed by atoms with van der Waals surface area (Å²) in [6.07, 6.45) is 0. The Kier molecular flexibility index (Phi) is 4.74. The molecule has 7 heteroatoms. The van der Waals surface area contributed by atoms with Crippen molar-refractivity contribution in [3.8, 4) is 11.5 Å². The Morgan fingerprint density at radius 2 is 2.05 bits per heavy atom. The molecule has 0 atom stereocenters. The van der Waals surface area contributed by atoms with Crippen LogP contribution in [0.3, 0.4) is 0 Å². The number of non-ortho nitro benzene ring substituents is 1. The molecule has 0 radical (unpaired) electrons. The molecule has 0 N–H and O–H groups in total. The minimum absolute atomic E-state index is 0.0460. The average molecular weight is 356 g/mol. The second-order valence-electron chi connectivity index (χ2n) is 4.12. The first-order valence-electron chi connectivity index (χ1n) is 5.90. The number of hydrogen-bond donors (Lipinski definition) is 0. The quantitative estimate of drug-likeness (QED) is 0.598. The van der Waals surface area contributed by atoms with Crippen molar-refractivity contribution in [2.24, 2.45) is 0 Å². The molecule has 0 aliphatic carbocycles. The van der Waals surface area contributed by atoms with Gasteiger partial charge in [0.15, 0.2) is 11.6 Å². The Balaban J connectivity index is 2.15. The molecule has 0 bridgehead atoms. The Hall–Kier alpha value is -2.15. The van der Waals surface area contributed by atoms with Gasteiger partial charge in [0.25, 0.3) is 5.69 Å². The van der Waals surface area contributed by atoms with Gasteiger partial charge in [-0.1, -0.05) is 15.9 Å². The monoisotopic (exact) mass is 355 g/mol. The lowest BCUT2D eigenvalue weighted by atomic mass is 10.2. The molecule has 0 saturated carbocycles. The smallest absolute Gasteiger partial charge is 0.272 e. The van der Waals surface area contributed by atoms with Gasteiger partial charge in [0.2, 0.25) is 0 Å². The second kappa shape index (κ2) is 6.53. The van der Waals surface area contributed by atoms with Crippen LogP contribution in [-0.4, -0.2) is 12.0 Å². The van der Waals surface area contributed by atoms with Crippen molar-refractivity contribution in [1.29, 1.82) is 0 Å². The molecule has 0 fully saturated rings. The molecule has 0 amide bonds. The van der Waals surface area contributed by atoms with Crippen LogP contribution in [0.1, 0.15) is 5.56 Å². The van der Waals surface area contributed by atoms with Gasteiger partial charge in [-0.3, -0.25) is 10.1 Å². The molecule has 2 aromatic carbocycles. The van der Waals surface area contributed by atoms with Crippen LogP contribution in [0.15, 0.2) is 40.9 Å². The molecule has 110 valence electrons. The maximum Gasteiger partial charge on any atom is 0.272 e. The summed E-state index contributed by atoms with van der Waals surface area (Å²) in [6.45, 7) is 0.104. The van der Waals surface area contributed by atoms with E-state index in [-0.39, 0.29) is 18.0 Å². The van der Waals surface area contributed by atoms with Gasteiger partial charge in [0, 0.05) is 16.1 Å². The number of nitrogens with zero attached hydrogens (tertiary/aromatic N) is 1. The van der Waals surface area contributed by atoms with E-state index in [2.05, 4.69) is 15.9 Å². The third-order valence-electron chi connectivity index (χ3n) is 2.76. The van der Waals surface area contributed by atoms with Crippen molar-refractivity contribution in [2.75, 3.05) is 7.11 Å². The van der Waals surface area contributed by atoms with Gasteiger partial charge in [-0.15, -0.1) is 0 Å². The summed E-state index contributed by atoms with van der Waals surface area (Å²) in [4.78, 5) is 9.88. The lowest BCUT2D eigenvalue weighted by Gasteiger charge is -2.10. The number of methoxy groups -OCH3 is 1. The van der Waals surface area contributed by atoms with E-state index in [4.69, 9.17) is 9.47 Å². The number of rotatable bonds is 5. The zero-order valence-corrected chi connectivity index (χ0v) is 12.6. The fraction of sp³-hybridized carbons (Fsp3) is 0.143. The maximum absolute atomic E-state index is 13.7. The van der Waals surface area contributed by atoms with Crippen LogP contribution in [0.5, 0.6) is 11.5 Å². The lowest BCUT2D eigenvalue weighted by molar-refractivity contribution is -0.385. The third kappa shape index (κ3) is 3.69. The Morgan fingerprint density at radius 3 is 2.67 bits per heavy atom. The van der Waals surface area contributed by atoms with Crippen molar-refractivity contribution in [1.82, 2.24) is 0 Å². The number of nitro groups is 1. The standard InChI is InChI=1S/C14H11BrFNO4/c1-20-11-3-4-12(15)9(6-11)8-21-14-5-2-10(17(18)19)7-13(14)16/h2-7H,8H2,1H3. The predicted molar refractivity (Wildman–Crippen MR) is 78.1 cm³/mol. The second-order valence-corrected chi connectivity index (χ2v) is 4.97. The zero-order valence-electron chi connectivity index (χ0n) is 11.0. The molecule has 0 aliphatic rings. The first-order valence-corrected chi connectivity index (χ1v) is 6.69. The number of nitro benzene ring substituents is 1. The Labute approximate surface area is 128 Å². The Bertz CT molecular complexity index is 678. The summed E-state index contributed by atoms with van der Waals surface area (Å²) in [5, 5.41) is 10.5. The van der Waals surface area contributed by atoms with Gasteiger partial charge in [-0.25, -0.2) is 4.39 Å². The molecule has 0 aliphatic heterocycles. The van der Waals surface area contributed by atoms with Crippen molar-refractivity contribution in [3.05, 3.63) is 62.4 Å².